The number of alkyl halides is 3. The first-order chi connectivity index (χ1) is 16.3. The van der Waals surface area contributed by atoms with Gasteiger partial charge in [-0.3, -0.25) is 9.59 Å². The van der Waals surface area contributed by atoms with Crippen molar-refractivity contribution in [2.75, 3.05) is 0 Å². The van der Waals surface area contributed by atoms with E-state index in [4.69, 9.17) is 0 Å². The molecule has 5 nitrogen and oxygen atoms in total. The van der Waals surface area contributed by atoms with Crippen LogP contribution in [0.4, 0.5) is 13.2 Å². The Morgan fingerprint density at radius 2 is 1.56 bits per heavy atom. The molecule has 0 atom stereocenters. The van der Waals surface area contributed by atoms with E-state index in [2.05, 4.69) is 15.6 Å². The maximum atomic E-state index is 13.0. The smallest absolute Gasteiger partial charge is 0.361 e. The molecule has 4 aromatic rings. The van der Waals surface area contributed by atoms with Crippen molar-refractivity contribution >= 4 is 28.8 Å². The Kier molecular flexibility index (Phi) is 6.49. The Balaban J connectivity index is 1.57. The Labute approximate surface area is 193 Å². The van der Waals surface area contributed by atoms with Gasteiger partial charge in [-0.2, -0.15) is 13.2 Å². The van der Waals surface area contributed by atoms with Crippen LogP contribution >= 0.6 is 0 Å². The van der Waals surface area contributed by atoms with E-state index in [1.807, 2.05) is 24.3 Å². The van der Waals surface area contributed by atoms with Gasteiger partial charge in [0, 0.05) is 34.8 Å². The summed E-state index contributed by atoms with van der Waals surface area (Å²) in [6.07, 6.45) is -1.15. The number of H-pyrrole nitrogens is 1. The molecule has 0 bridgehead atoms. The average molecular weight is 463 g/mol. The second-order valence-electron chi connectivity index (χ2n) is 7.55. The molecular formula is C26H20F3N3O2. The minimum atomic E-state index is -4.43. The van der Waals surface area contributed by atoms with E-state index in [0.29, 0.717) is 16.7 Å². The van der Waals surface area contributed by atoms with Crippen molar-refractivity contribution < 1.29 is 22.8 Å². The van der Waals surface area contributed by atoms with Gasteiger partial charge in [0.15, 0.2) is 0 Å². The molecular weight excluding hydrogens is 443 g/mol. The van der Waals surface area contributed by atoms with Crippen LogP contribution in [0.15, 0.2) is 90.8 Å². The molecule has 4 rings (SSSR count). The number of amides is 2. The van der Waals surface area contributed by atoms with Crippen LogP contribution in [0, 0.1) is 0 Å². The molecule has 3 N–H and O–H groups in total. The summed E-state index contributed by atoms with van der Waals surface area (Å²) in [5.41, 5.74) is 1.67. The van der Waals surface area contributed by atoms with E-state index in [1.54, 1.807) is 42.6 Å². The van der Waals surface area contributed by atoms with Crippen LogP contribution in [-0.2, 0) is 17.5 Å². The first kappa shape index (κ1) is 22.8. The lowest BCUT2D eigenvalue weighted by Gasteiger charge is -2.12. The van der Waals surface area contributed by atoms with Crippen LogP contribution in [0.3, 0.4) is 0 Å². The van der Waals surface area contributed by atoms with Gasteiger partial charge in [-0.15, -0.1) is 0 Å². The van der Waals surface area contributed by atoms with E-state index in [0.717, 1.165) is 23.0 Å². The third-order valence-corrected chi connectivity index (χ3v) is 5.18. The zero-order valence-electron chi connectivity index (χ0n) is 17.8. The van der Waals surface area contributed by atoms with Crippen molar-refractivity contribution in [1.82, 2.24) is 15.6 Å². The molecule has 0 spiro atoms. The molecule has 1 heterocycles. The molecule has 8 heteroatoms. The van der Waals surface area contributed by atoms with Gasteiger partial charge >= 0.3 is 6.18 Å². The number of hydrogen-bond donors (Lipinski definition) is 3. The minimum Gasteiger partial charge on any atom is -0.361 e. The van der Waals surface area contributed by atoms with Crippen LogP contribution in [0.2, 0.25) is 0 Å². The predicted molar refractivity (Wildman–Crippen MR) is 123 cm³/mol. The van der Waals surface area contributed by atoms with Crippen molar-refractivity contribution in [3.05, 3.63) is 113 Å². The maximum absolute atomic E-state index is 13.0. The maximum Gasteiger partial charge on any atom is 0.416 e. The molecule has 0 saturated carbocycles. The number of rotatable bonds is 6. The highest BCUT2D eigenvalue weighted by Gasteiger charge is 2.29. The van der Waals surface area contributed by atoms with Gasteiger partial charge in [0.05, 0.1) is 5.56 Å². The van der Waals surface area contributed by atoms with Crippen molar-refractivity contribution in [2.45, 2.75) is 12.7 Å². The molecule has 2 amide bonds. The number of aromatic nitrogens is 1. The molecule has 172 valence electrons. The molecule has 0 fully saturated rings. The van der Waals surface area contributed by atoms with E-state index < -0.39 is 23.6 Å². The SMILES string of the molecule is O=C(NCc1ccc(C(F)(F)F)cc1)/C(=C\c1c[nH]c2ccccc12)NC(=O)c1ccccc1. The lowest BCUT2D eigenvalue weighted by atomic mass is 10.1. The van der Waals surface area contributed by atoms with Gasteiger partial charge in [-0.1, -0.05) is 48.5 Å². The van der Waals surface area contributed by atoms with Gasteiger partial charge in [0.2, 0.25) is 0 Å². The Morgan fingerprint density at radius 1 is 0.882 bits per heavy atom. The summed E-state index contributed by atoms with van der Waals surface area (Å²) in [5, 5.41) is 6.18. The normalized spacial score (nSPS) is 11.9. The summed E-state index contributed by atoms with van der Waals surface area (Å²) in [7, 11) is 0. The number of fused-ring (bicyclic) bond motifs is 1. The van der Waals surface area contributed by atoms with Gasteiger partial charge in [-0.25, -0.2) is 0 Å². The first-order valence-electron chi connectivity index (χ1n) is 10.4. The molecule has 0 unspecified atom stereocenters. The first-order valence-corrected chi connectivity index (χ1v) is 10.4. The molecule has 34 heavy (non-hydrogen) atoms. The Bertz CT molecular complexity index is 1340. The van der Waals surface area contributed by atoms with Gasteiger partial charge in [0.25, 0.3) is 11.8 Å². The summed E-state index contributed by atoms with van der Waals surface area (Å²) in [5.74, 6) is -1.04. The van der Waals surface area contributed by atoms with E-state index in [9.17, 15) is 22.8 Å². The third-order valence-electron chi connectivity index (χ3n) is 5.18. The molecule has 1 aromatic heterocycles. The number of benzene rings is 3. The van der Waals surface area contributed by atoms with Gasteiger partial charge in [0.1, 0.15) is 5.70 Å². The fourth-order valence-electron chi connectivity index (χ4n) is 3.40. The topological polar surface area (TPSA) is 74.0 Å². The standard InChI is InChI=1S/C26H20F3N3O2/c27-26(28,29)20-12-10-17(11-13-20)15-31-25(34)23(32-24(33)18-6-2-1-3-7-18)14-19-16-30-22-9-5-4-8-21(19)22/h1-14,16,30H,15H2,(H,31,34)(H,32,33)/b23-14+. The zero-order chi connectivity index (χ0) is 24.1. The third kappa shape index (κ3) is 5.35. The van der Waals surface area contributed by atoms with E-state index in [-0.39, 0.29) is 12.2 Å². The Hall–Kier alpha value is -4.33. The van der Waals surface area contributed by atoms with E-state index in [1.165, 1.54) is 12.1 Å². The summed E-state index contributed by atoms with van der Waals surface area (Å²) >= 11 is 0. The number of nitrogens with one attached hydrogen (secondary N) is 3. The second kappa shape index (κ2) is 9.66. The summed E-state index contributed by atoms with van der Waals surface area (Å²) in [6.45, 7) is -0.0105. The summed E-state index contributed by atoms with van der Waals surface area (Å²) < 4.78 is 38.3. The number of para-hydroxylation sites is 1. The number of halogens is 3. The molecule has 0 saturated heterocycles. The molecule has 0 radical (unpaired) electrons. The zero-order valence-corrected chi connectivity index (χ0v) is 17.8. The van der Waals surface area contributed by atoms with Crippen molar-refractivity contribution in [2.24, 2.45) is 0 Å². The van der Waals surface area contributed by atoms with Crippen LogP contribution in [0.25, 0.3) is 17.0 Å². The fraction of sp³-hybridized carbons (Fsp3) is 0.0769. The van der Waals surface area contributed by atoms with Crippen LogP contribution < -0.4 is 10.6 Å². The number of aromatic amines is 1. The number of carbonyl (C=O) groups is 2. The molecule has 3 aromatic carbocycles. The van der Waals surface area contributed by atoms with Crippen molar-refractivity contribution in [1.29, 1.82) is 0 Å². The fourth-order valence-corrected chi connectivity index (χ4v) is 3.40. The van der Waals surface area contributed by atoms with Crippen LogP contribution in [-0.4, -0.2) is 16.8 Å². The molecule has 0 aliphatic rings. The minimum absolute atomic E-state index is 0.00511. The lowest BCUT2D eigenvalue weighted by Crippen LogP contribution is -2.34. The van der Waals surface area contributed by atoms with Crippen LogP contribution in [0.5, 0.6) is 0 Å². The average Bonchev–Trinajstić information content (AvgIpc) is 3.25. The highest BCUT2D eigenvalue weighted by atomic mass is 19.4. The Morgan fingerprint density at radius 3 is 2.26 bits per heavy atom. The summed E-state index contributed by atoms with van der Waals surface area (Å²) in [4.78, 5) is 28.8. The quantitative estimate of drug-likeness (QED) is 0.341. The van der Waals surface area contributed by atoms with E-state index >= 15 is 0 Å². The lowest BCUT2D eigenvalue weighted by molar-refractivity contribution is -0.137. The number of carbonyl (C=O) groups excluding carboxylic acids is 2. The second-order valence-corrected chi connectivity index (χ2v) is 7.55. The number of hydrogen-bond acceptors (Lipinski definition) is 2. The molecule has 0 aliphatic heterocycles. The van der Waals surface area contributed by atoms with Crippen molar-refractivity contribution in [3.63, 3.8) is 0 Å². The largest absolute Gasteiger partial charge is 0.416 e. The molecule has 0 aliphatic carbocycles. The van der Waals surface area contributed by atoms with Gasteiger partial charge in [-0.05, 0) is 42.0 Å². The monoisotopic (exact) mass is 463 g/mol. The van der Waals surface area contributed by atoms with Gasteiger partial charge < -0.3 is 15.6 Å². The van der Waals surface area contributed by atoms with Crippen molar-refractivity contribution in [3.8, 4) is 0 Å². The predicted octanol–water partition coefficient (Wildman–Crippen LogP) is 5.27. The highest BCUT2D eigenvalue weighted by Crippen LogP contribution is 2.29. The highest BCUT2D eigenvalue weighted by molar-refractivity contribution is 6.06. The summed E-state index contributed by atoms with van der Waals surface area (Å²) in [6, 6.07) is 20.5. The van der Waals surface area contributed by atoms with Crippen LogP contribution in [0.1, 0.15) is 27.0 Å².